The maximum absolute atomic E-state index is 16.8. The summed E-state index contributed by atoms with van der Waals surface area (Å²) >= 11 is 0. The van der Waals surface area contributed by atoms with Crippen LogP contribution >= 0.6 is 0 Å². The molecule has 6 bridgehead atoms. The molecule has 0 spiro atoms. The Kier molecular flexibility index (Phi) is 17.0. The van der Waals surface area contributed by atoms with Gasteiger partial charge in [-0.15, -0.1) is 0 Å². The van der Waals surface area contributed by atoms with Crippen LogP contribution in [-0.4, -0.2) is 168 Å². The lowest BCUT2D eigenvalue weighted by Crippen LogP contribution is -2.63. The van der Waals surface area contributed by atoms with Gasteiger partial charge in [0.05, 0.1) is 42.3 Å². The Morgan fingerprint density at radius 1 is 1.07 bits per heavy atom. The van der Waals surface area contributed by atoms with E-state index >= 15 is 4.39 Å². The lowest BCUT2D eigenvalue weighted by molar-refractivity contribution is -0.156. The maximum atomic E-state index is 16.8. The number of aryl methyl sites for hydroxylation is 1. The van der Waals surface area contributed by atoms with E-state index in [-0.39, 0.29) is 51.6 Å². The molecule has 73 heavy (non-hydrogen) atoms. The number of rotatable bonds is 10. The lowest BCUT2D eigenvalue weighted by atomic mass is 9.84. The third kappa shape index (κ3) is 12.0. The van der Waals surface area contributed by atoms with Crippen molar-refractivity contribution in [3.63, 3.8) is 0 Å². The lowest BCUT2D eigenvalue weighted by Gasteiger charge is -2.41. The molecule has 7 rings (SSSR count). The first-order valence-corrected chi connectivity index (χ1v) is 26.0. The molecule has 0 saturated carbocycles. The number of aromatic nitrogens is 2. The predicted molar refractivity (Wildman–Crippen MR) is 278 cm³/mol. The Hall–Kier alpha value is -5.61. The second-order valence-corrected chi connectivity index (χ2v) is 22.2. The van der Waals surface area contributed by atoms with E-state index in [0.29, 0.717) is 45.5 Å². The number of pyridine rings is 1. The average Bonchev–Trinajstić information content (AvgIpc) is 3.67. The van der Waals surface area contributed by atoms with E-state index < -0.39 is 76.4 Å². The maximum Gasteiger partial charge on any atom is 0.324 e. The summed E-state index contributed by atoms with van der Waals surface area (Å²) in [4.78, 5) is 82.2. The zero-order chi connectivity index (χ0) is 53.2. The minimum absolute atomic E-state index is 0.0172. The van der Waals surface area contributed by atoms with Crippen LogP contribution in [0.25, 0.3) is 22.2 Å². The number of carbonyl (C=O) groups is 5. The Balaban J connectivity index is 1.18. The molecule has 18 heteroatoms. The van der Waals surface area contributed by atoms with Crippen LogP contribution in [0.5, 0.6) is 0 Å². The minimum atomic E-state index is -2.34. The summed E-state index contributed by atoms with van der Waals surface area (Å²) in [6.07, 6.45) is 2.04. The number of fused-ring (bicyclic) bond motifs is 6. The summed E-state index contributed by atoms with van der Waals surface area (Å²) in [5.41, 5.74) is 5.66. The fourth-order valence-corrected chi connectivity index (χ4v) is 10.6. The summed E-state index contributed by atoms with van der Waals surface area (Å²) in [5, 5.41) is 5.43. The number of likely N-dealkylation sites (tertiary alicyclic amines) is 1. The number of nitrogens with one attached hydrogen (secondary N) is 2. The van der Waals surface area contributed by atoms with E-state index in [4.69, 9.17) is 19.2 Å². The van der Waals surface area contributed by atoms with E-state index in [1.54, 1.807) is 27.2 Å². The molecule has 1 aromatic carbocycles. The second-order valence-electron chi connectivity index (χ2n) is 22.2. The number of piperidine rings is 1. The van der Waals surface area contributed by atoms with Gasteiger partial charge in [-0.05, 0) is 109 Å². The first-order valence-electron chi connectivity index (χ1n) is 26.0. The van der Waals surface area contributed by atoms with Gasteiger partial charge in [-0.2, -0.15) is 0 Å². The monoisotopic (exact) mass is 1010 g/mol. The van der Waals surface area contributed by atoms with Gasteiger partial charge in [0.1, 0.15) is 18.1 Å². The highest BCUT2D eigenvalue weighted by Crippen LogP contribution is 2.42. The molecule has 4 aliphatic heterocycles. The van der Waals surface area contributed by atoms with Crippen molar-refractivity contribution in [3.8, 4) is 23.1 Å². The van der Waals surface area contributed by atoms with Gasteiger partial charge < -0.3 is 38.8 Å². The van der Waals surface area contributed by atoms with Crippen LogP contribution in [0.4, 0.5) is 10.1 Å². The SMILES string of the molecule is CCn1c(-c2cccnc2[C@H](C)OC)c2c3cc(ccc31)N1CCO[C@@H](C[C@@H](NC(=O)[C@H](C(C)C)N(C)C(=O)C3(F)CCN(C(=O)C#CC(C)(C)N(C)C)CC3)C(=O)N3CCC[C@H](N3)C(=O)OCC(C)(C)C2)C1. The molecule has 3 aromatic rings. The summed E-state index contributed by atoms with van der Waals surface area (Å²) in [6.45, 7) is 18.0. The number of hydrazine groups is 1. The molecule has 2 aromatic heterocycles. The smallest absolute Gasteiger partial charge is 0.324 e. The highest BCUT2D eigenvalue weighted by molar-refractivity contribution is 5.97. The van der Waals surface area contributed by atoms with Gasteiger partial charge in [-0.3, -0.25) is 38.9 Å². The number of alkyl halides is 1. The third-order valence-electron chi connectivity index (χ3n) is 15.4. The number of esters is 1. The van der Waals surface area contributed by atoms with Crippen molar-refractivity contribution < 1.29 is 42.6 Å². The zero-order valence-corrected chi connectivity index (χ0v) is 45.1. The van der Waals surface area contributed by atoms with Gasteiger partial charge in [0.2, 0.25) is 5.91 Å². The average molecular weight is 1010 g/mol. The van der Waals surface area contributed by atoms with E-state index in [1.165, 1.54) is 17.0 Å². The largest absolute Gasteiger partial charge is 0.464 e. The molecule has 6 heterocycles. The fraction of sp³-hybridized carbons (Fsp3) is 0.636. The normalized spacial score (nSPS) is 22.5. The van der Waals surface area contributed by atoms with Crippen molar-refractivity contribution in [1.29, 1.82) is 0 Å². The zero-order valence-electron chi connectivity index (χ0n) is 45.1. The van der Waals surface area contributed by atoms with Crippen LogP contribution in [0.1, 0.15) is 105 Å². The van der Waals surface area contributed by atoms with Gasteiger partial charge in [0, 0.05) is 106 Å². The molecule has 0 radical (unpaired) electrons. The Morgan fingerprint density at radius 2 is 1.79 bits per heavy atom. The number of morpholine rings is 1. The molecule has 4 aliphatic rings. The standard InChI is InChI=1S/C55H78FN9O8/c1-13-64-44-19-18-37-30-40(44)41(48(64)39-16-14-24-57-46(39)36(4)71-12)32-53(5,6)34-73-51(69)42-17-15-25-65(59-42)50(68)43(31-38-33-63(37)28-29-72-38)58-49(67)47(35(2)3)61(11)52(70)55(56)22-26-62(27-23-55)45(66)20-21-54(7,8)60(9)10/h14,16,18-19,24,30,35-36,38,42-43,47,59H,13,15,17,22-23,25-29,31-34H2,1-12H3,(H,58,67)/t36-,38-,42-,43+,47-/m0/s1. The number of hydrogen-bond acceptors (Lipinski definition) is 12. The number of ether oxygens (including phenoxy) is 3. The Bertz CT molecular complexity index is 2590. The number of methoxy groups -OCH3 is 1. The summed E-state index contributed by atoms with van der Waals surface area (Å²) in [5.74, 6) is 2.27. The quantitative estimate of drug-likeness (QED) is 0.199. The number of carbonyl (C=O) groups excluding carboxylic acids is 5. The van der Waals surface area contributed by atoms with Crippen molar-refractivity contribution in [1.82, 2.24) is 40.0 Å². The van der Waals surface area contributed by atoms with E-state index in [1.807, 2.05) is 45.8 Å². The molecule has 2 N–H and O–H groups in total. The van der Waals surface area contributed by atoms with Crippen LogP contribution in [0.15, 0.2) is 36.5 Å². The van der Waals surface area contributed by atoms with Crippen molar-refractivity contribution >= 4 is 46.2 Å². The van der Waals surface area contributed by atoms with Crippen LogP contribution in [0.3, 0.4) is 0 Å². The van der Waals surface area contributed by atoms with Gasteiger partial charge in [-0.25, -0.2) is 9.82 Å². The fourth-order valence-electron chi connectivity index (χ4n) is 10.6. The molecule has 0 unspecified atom stereocenters. The highest BCUT2D eigenvalue weighted by Gasteiger charge is 2.48. The minimum Gasteiger partial charge on any atom is -0.464 e. The summed E-state index contributed by atoms with van der Waals surface area (Å²) < 4.78 is 37.5. The van der Waals surface area contributed by atoms with Crippen molar-refractivity contribution in [2.24, 2.45) is 11.3 Å². The second kappa shape index (κ2) is 22.5. The van der Waals surface area contributed by atoms with E-state index in [2.05, 4.69) is 77.1 Å². The van der Waals surface area contributed by atoms with Crippen molar-refractivity contribution in [3.05, 3.63) is 47.8 Å². The van der Waals surface area contributed by atoms with Crippen molar-refractivity contribution in [2.75, 3.05) is 79.1 Å². The van der Waals surface area contributed by atoms with Gasteiger partial charge in [0.25, 0.3) is 17.7 Å². The Labute approximate surface area is 430 Å². The number of hydrogen-bond donors (Lipinski definition) is 2. The number of anilines is 1. The van der Waals surface area contributed by atoms with E-state index in [0.717, 1.165) is 44.0 Å². The molecule has 3 saturated heterocycles. The Morgan fingerprint density at radius 3 is 2.47 bits per heavy atom. The predicted octanol–water partition coefficient (Wildman–Crippen LogP) is 5.29. The number of nitrogens with zero attached hydrogens (tertiary/aromatic N) is 7. The molecule has 5 atom stereocenters. The molecule has 17 nitrogen and oxygen atoms in total. The summed E-state index contributed by atoms with van der Waals surface area (Å²) in [7, 11) is 6.82. The molecular weight excluding hydrogens is 934 g/mol. The highest BCUT2D eigenvalue weighted by atomic mass is 19.1. The number of benzene rings is 1. The number of halogens is 1. The van der Waals surface area contributed by atoms with Gasteiger partial charge in [-0.1, -0.05) is 33.6 Å². The molecule has 398 valence electrons. The van der Waals surface area contributed by atoms with Crippen LogP contribution in [0, 0.1) is 23.2 Å². The first kappa shape index (κ1) is 55.1. The van der Waals surface area contributed by atoms with E-state index in [9.17, 15) is 24.0 Å². The third-order valence-corrected chi connectivity index (χ3v) is 15.4. The van der Waals surface area contributed by atoms with Gasteiger partial charge in [0.15, 0.2) is 5.67 Å². The molecule has 4 amide bonds. The molecule has 0 aliphatic carbocycles. The van der Waals surface area contributed by atoms with Crippen molar-refractivity contribution in [2.45, 2.75) is 142 Å². The van der Waals surface area contributed by atoms with Crippen LogP contribution < -0.4 is 15.6 Å². The van der Waals surface area contributed by atoms with Crippen LogP contribution in [0.2, 0.25) is 0 Å². The first-order chi connectivity index (χ1) is 34.5. The van der Waals surface area contributed by atoms with Crippen LogP contribution in [-0.2, 0) is 51.1 Å². The molecular formula is C55H78FN9O8. The number of cyclic esters (lactones) is 1. The summed E-state index contributed by atoms with van der Waals surface area (Å²) in [6, 6.07) is 7.37. The number of amides is 4. The topological polar surface area (TPSA) is 171 Å². The molecule has 3 fully saturated rings. The number of likely N-dealkylation sites (N-methyl/N-ethyl adjacent to an activating group) is 1. The van der Waals surface area contributed by atoms with Gasteiger partial charge >= 0.3 is 5.97 Å².